The molecule has 1 aliphatic heterocycles. The Bertz CT molecular complexity index is 786. The summed E-state index contributed by atoms with van der Waals surface area (Å²) < 4.78 is 28.2. The summed E-state index contributed by atoms with van der Waals surface area (Å²) in [6.07, 6.45) is 0. The van der Waals surface area contributed by atoms with Crippen molar-refractivity contribution in [3.63, 3.8) is 0 Å². The highest BCUT2D eigenvalue weighted by Gasteiger charge is 2.24. The molecule has 1 aliphatic rings. The average Bonchev–Trinajstić information content (AvgIpc) is 2.47. The van der Waals surface area contributed by atoms with E-state index in [-0.39, 0.29) is 4.90 Å². The smallest absolute Gasteiger partial charge is 0.286 e. The first-order valence-electron chi connectivity index (χ1n) is 6.52. The van der Waals surface area contributed by atoms with Gasteiger partial charge in [0.15, 0.2) is 0 Å². The predicted molar refractivity (Wildman–Crippen MR) is 84.4 cm³/mol. The number of sulfonamides is 1. The summed E-state index contributed by atoms with van der Waals surface area (Å²) in [7, 11) is -1.72. The fraction of sp³-hybridized carbons (Fsp3) is 0.133. The summed E-state index contributed by atoms with van der Waals surface area (Å²) in [5.74, 6) is 0.417. The van der Waals surface area contributed by atoms with Gasteiger partial charge in [-0.15, -0.1) is 4.40 Å². The number of nitrogens with zero attached hydrogens (tertiary/aromatic N) is 2. The van der Waals surface area contributed by atoms with Crippen molar-refractivity contribution in [1.29, 1.82) is 0 Å². The maximum Gasteiger partial charge on any atom is 0.286 e. The number of para-hydroxylation sites is 2. The van der Waals surface area contributed by atoms with Crippen molar-refractivity contribution in [2.24, 2.45) is 4.40 Å². The second-order valence-corrected chi connectivity index (χ2v) is 6.40. The summed E-state index contributed by atoms with van der Waals surface area (Å²) in [5, 5.41) is 3.08. The SMILES string of the molecule is CN(CC1=NS(=O)(=O)c2ccccc2N1)c1ccccc1. The third-order valence-corrected chi connectivity index (χ3v) is 4.63. The molecule has 21 heavy (non-hydrogen) atoms. The van der Waals surface area contributed by atoms with Crippen LogP contribution < -0.4 is 10.2 Å². The van der Waals surface area contributed by atoms with Gasteiger partial charge in [0.1, 0.15) is 10.7 Å². The average molecular weight is 301 g/mol. The zero-order valence-corrected chi connectivity index (χ0v) is 12.3. The van der Waals surface area contributed by atoms with Crippen molar-refractivity contribution in [1.82, 2.24) is 0 Å². The summed E-state index contributed by atoms with van der Waals surface area (Å²) in [4.78, 5) is 2.16. The van der Waals surface area contributed by atoms with E-state index >= 15 is 0 Å². The molecule has 0 saturated carbocycles. The Balaban J connectivity index is 1.87. The summed E-state index contributed by atoms with van der Waals surface area (Å²) >= 11 is 0. The van der Waals surface area contributed by atoms with Gasteiger partial charge in [-0.1, -0.05) is 30.3 Å². The van der Waals surface area contributed by atoms with Crippen molar-refractivity contribution in [3.05, 3.63) is 54.6 Å². The first-order valence-corrected chi connectivity index (χ1v) is 7.96. The highest BCUT2D eigenvalue weighted by atomic mass is 32.2. The van der Waals surface area contributed by atoms with Crippen LogP contribution in [0.3, 0.4) is 0 Å². The van der Waals surface area contributed by atoms with Crippen LogP contribution in [0.1, 0.15) is 0 Å². The lowest BCUT2D eigenvalue weighted by Crippen LogP contribution is -2.33. The summed E-state index contributed by atoms with van der Waals surface area (Å²) in [6, 6.07) is 16.5. The Hall–Kier alpha value is -2.34. The zero-order chi connectivity index (χ0) is 14.9. The molecule has 2 aromatic rings. The standard InChI is InChI=1S/C15H15N3O2S/c1-18(12-7-3-2-4-8-12)11-15-16-13-9-5-6-10-14(13)21(19,20)17-15/h2-10H,11H2,1H3,(H,16,17). The maximum atomic E-state index is 12.2. The first kappa shape index (κ1) is 13.6. The molecule has 0 fully saturated rings. The molecule has 0 saturated heterocycles. The van der Waals surface area contributed by atoms with E-state index in [1.54, 1.807) is 24.3 Å². The van der Waals surface area contributed by atoms with Crippen LogP contribution in [-0.2, 0) is 10.0 Å². The van der Waals surface area contributed by atoms with Gasteiger partial charge in [0.25, 0.3) is 10.0 Å². The molecule has 0 unspecified atom stereocenters. The van der Waals surface area contributed by atoms with Crippen LogP contribution in [-0.4, -0.2) is 27.8 Å². The van der Waals surface area contributed by atoms with Gasteiger partial charge in [-0.2, -0.15) is 8.42 Å². The monoisotopic (exact) mass is 301 g/mol. The van der Waals surface area contributed by atoms with E-state index in [0.29, 0.717) is 18.1 Å². The number of anilines is 2. The Kier molecular flexibility index (Phi) is 3.39. The van der Waals surface area contributed by atoms with Gasteiger partial charge >= 0.3 is 0 Å². The van der Waals surface area contributed by atoms with Crippen LogP contribution in [0, 0.1) is 0 Å². The Labute approximate surface area is 124 Å². The van der Waals surface area contributed by atoms with E-state index in [1.165, 1.54) is 0 Å². The number of likely N-dealkylation sites (N-methyl/N-ethyl adjacent to an activating group) is 1. The maximum absolute atomic E-state index is 12.2. The lowest BCUT2D eigenvalue weighted by Gasteiger charge is -2.23. The largest absolute Gasteiger partial charge is 0.367 e. The van der Waals surface area contributed by atoms with Gasteiger partial charge in [-0.3, -0.25) is 0 Å². The van der Waals surface area contributed by atoms with Crippen molar-refractivity contribution in [3.8, 4) is 0 Å². The van der Waals surface area contributed by atoms with Crippen LogP contribution >= 0.6 is 0 Å². The molecule has 0 radical (unpaired) electrons. The van der Waals surface area contributed by atoms with Crippen LogP contribution in [0.5, 0.6) is 0 Å². The van der Waals surface area contributed by atoms with E-state index in [9.17, 15) is 8.42 Å². The number of hydrogen-bond acceptors (Lipinski definition) is 4. The molecule has 0 aliphatic carbocycles. The minimum Gasteiger partial charge on any atom is -0.367 e. The number of nitrogens with one attached hydrogen (secondary N) is 1. The molecular weight excluding hydrogens is 286 g/mol. The highest BCUT2D eigenvalue weighted by Crippen LogP contribution is 2.26. The fourth-order valence-electron chi connectivity index (χ4n) is 2.23. The second-order valence-electron chi connectivity index (χ2n) is 4.83. The minimum absolute atomic E-state index is 0.219. The van der Waals surface area contributed by atoms with Gasteiger partial charge < -0.3 is 10.2 Å². The number of amidine groups is 1. The van der Waals surface area contributed by atoms with Crippen LogP contribution in [0.15, 0.2) is 63.9 Å². The Morgan fingerprint density at radius 1 is 1.05 bits per heavy atom. The Morgan fingerprint density at radius 3 is 2.48 bits per heavy atom. The topological polar surface area (TPSA) is 61.8 Å². The molecule has 108 valence electrons. The quantitative estimate of drug-likeness (QED) is 0.945. The molecule has 6 heteroatoms. The molecule has 0 atom stereocenters. The molecule has 0 aromatic heterocycles. The first-order chi connectivity index (χ1) is 10.1. The van der Waals surface area contributed by atoms with Crippen LogP contribution in [0.2, 0.25) is 0 Å². The summed E-state index contributed by atoms with van der Waals surface area (Å²) in [6.45, 7) is 0.386. The molecule has 0 spiro atoms. The molecule has 1 heterocycles. The van der Waals surface area contributed by atoms with Gasteiger partial charge in [0.2, 0.25) is 0 Å². The van der Waals surface area contributed by atoms with Crippen LogP contribution in [0.4, 0.5) is 11.4 Å². The third kappa shape index (κ3) is 2.75. The van der Waals surface area contributed by atoms with Gasteiger partial charge in [0.05, 0.1) is 12.2 Å². The molecule has 1 N–H and O–H groups in total. The molecule has 5 nitrogen and oxygen atoms in total. The molecule has 0 amide bonds. The molecule has 2 aromatic carbocycles. The number of fused-ring (bicyclic) bond motifs is 1. The minimum atomic E-state index is -3.62. The molecular formula is C15H15N3O2S. The van der Waals surface area contributed by atoms with Gasteiger partial charge in [0, 0.05) is 12.7 Å². The summed E-state index contributed by atoms with van der Waals surface area (Å²) in [5.41, 5.74) is 1.57. The fourth-order valence-corrected chi connectivity index (χ4v) is 3.37. The van der Waals surface area contributed by atoms with Crippen molar-refractivity contribution >= 4 is 27.2 Å². The molecule has 0 bridgehead atoms. The van der Waals surface area contributed by atoms with Crippen molar-refractivity contribution < 1.29 is 8.42 Å². The normalized spacial score (nSPS) is 15.6. The lowest BCUT2D eigenvalue weighted by atomic mass is 10.3. The highest BCUT2D eigenvalue weighted by molar-refractivity contribution is 7.90. The van der Waals surface area contributed by atoms with Crippen LogP contribution in [0.25, 0.3) is 0 Å². The van der Waals surface area contributed by atoms with E-state index in [1.807, 2.05) is 42.3 Å². The predicted octanol–water partition coefficient (Wildman–Crippen LogP) is 2.34. The van der Waals surface area contributed by atoms with E-state index in [2.05, 4.69) is 9.71 Å². The third-order valence-electron chi connectivity index (χ3n) is 3.26. The number of benzene rings is 2. The van der Waals surface area contributed by atoms with E-state index < -0.39 is 10.0 Å². The Morgan fingerprint density at radius 2 is 1.71 bits per heavy atom. The van der Waals surface area contributed by atoms with Gasteiger partial charge in [-0.25, -0.2) is 0 Å². The second kappa shape index (κ2) is 5.21. The molecule has 3 rings (SSSR count). The lowest BCUT2D eigenvalue weighted by molar-refractivity contribution is 0.597. The van der Waals surface area contributed by atoms with Gasteiger partial charge in [-0.05, 0) is 24.3 Å². The zero-order valence-electron chi connectivity index (χ0n) is 11.5. The number of hydrogen-bond donors (Lipinski definition) is 1. The van der Waals surface area contributed by atoms with Crippen molar-refractivity contribution in [2.45, 2.75) is 4.90 Å². The van der Waals surface area contributed by atoms with E-state index in [4.69, 9.17) is 0 Å². The van der Waals surface area contributed by atoms with E-state index in [0.717, 1.165) is 5.69 Å². The van der Waals surface area contributed by atoms with Crippen molar-refractivity contribution in [2.75, 3.05) is 23.8 Å². The number of rotatable bonds is 3.